The van der Waals surface area contributed by atoms with Crippen molar-refractivity contribution in [3.8, 4) is 0 Å². The second kappa shape index (κ2) is 3.33. The summed E-state index contributed by atoms with van der Waals surface area (Å²) in [4.78, 5) is 10.5. The van der Waals surface area contributed by atoms with Gasteiger partial charge in [-0.15, -0.1) is 0 Å². The summed E-state index contributed by atoms with van der Waals surface area (Å²) in [5, 5.41) is 12.3. The Labute approximate surface area is 78.7 Å². The summed E-state index contributed by atoms with van der Waals surface area (Å²) in [6, 6.07) is 0. The molecule has 12 heavy (non-hydrogen) atoms. The highest BCUT2D eigenvalue weighted by Crippen LogP contribution is 2.23. The molecule has 0 unspecified atom stereocenters. The second-order valence-electron chi connectivity index (χ2n) is 2.08. The lowest BCUT2D eigenvalue weighted by molar-refractivity contribution is 0.0697. The average molecular weight is 209 g/mol. The molecule has 1 N–H and O–H groups in total. The number of rotatable bonds is 2. The van der Waals surface area contributed by atoms with E-state index in [0.717, 1.165) is 0 Å². The maximum atomic E-state index is 10.5. The second-order valence-corrected chi connectivity index (χ2v) is 2.79. The molecule has 0 amide bonds. The molecule has 0 aliphatic carbocycles. The molecular weight excluding hydrogens is 203 g/mol. The van der Waals surface area contributed by atoms with Crippen molar-refractivity contribution in [3.05, 3.63) is 15.9 Å². The number of aromatic nitrogens is 2. The van der Waals surface area contributed by atoms with Gasteiger partial charge in [-0.05, 0) is 6.92 Å². The van der Waals surface area contributed by atoms with E-state index in [-0.39, 0.29) is 15.9 Å². The highest BCUT2D eigenvalue weighted by atomic mass is 35.5. The molecule has 1 aromatic heterocycles. The first-order valence-electron chi connectivity index (χ1n) is 3.23. The molecule has 0 aliphatic heterocycles. The predicted octanol–water partition coefficient (Wildman–Crippen LogP) is 1.91. The van der Waals surface area contributed by atoms with Crippen molar-refractivity contribution in [2.75, 3.05) is 0 Å². The van der Waals surface area contributed by atoms with Gasteiger partial charge in [0, 0.05) is 6.54 Å². The Hall–Kier alpha value is -0.740. The minimum absolute atomic E-state index is 0.0648. The van der Waals surface area contributed by atoms with E-state index in [9.17, 15) is 4.79 Å². The number of carboxylic acid groups (broad SMARTS) is 1. The number of halogens is 2. The third-order valence-corrected chi connectivity index (χ3v) is 2.01. The standard InChI is InChI=1S/C6H6Cl2N2O2/c1-2-10-5(8)3(6(11)12)4(7)9-10/h2H2,1H3,(H,11,12). The Balaban J connectivity index is 3.28. The zero-order valence-electron chi connectivity index (χ0n) is 6.21. The molecule has 1 heterocycles. The molecule has 0 spiro atoms. The molecule has 4 nitrogen and oxygen atoms in total. The molecule has 1 rings (SSSR count). The van der Waals surface area contributed by atoms with E-state index in [1.54, 1.807) is 6.92 Å². The molecule has 0 aromatic carbocycles. The lowest BCUT2D eigenvalue weighted by Crippen LogP contribution is -1.98. The van der Waals surface area contributed by atoms with E-state index in [4.69, 9.17) is 28.3 Å². The van der Waals surface area contributed by atoms with Gasteiger partial charge < -0.3 is 5.11 Å². The number of nitrogens with zero attached hydrogens (tertiary/aromatic N) is 2. The molecule has 0 atom stereocenters. The van der Waals surface area contributed by atoms with Crippen LogP contribution in [0.4, 0.5) is 0 Å². The van der Waals surface area contributed by atoms with Crippen LogP contribution in [0.3, 0.4) is 0 Å². The Morgan fingerprint density at radius 2 is 2.25 bits per heavy atom. The van der Waals surface area contributed by atoms with Gasteiger partial charge in [-0.25, -0.2) is 4.79 Å². The van der Waals surface area contributed by atoms with Crippen LogP contribution in [-0.2, 0) is 6.54 Å². The van der Waals surface area contributed by atoms with Gasteiger partial charge in [-0.3, -0.25) is 4.68 Å². The van der Waals surface area contributed by atoms with Crippen molar-refractivity contribution < 1.29 is 9.90 Å². The van der Waals surface area contributed by atoms with Crippen molar-refractivity contribution in [2.24, 2.45) is 0 Å². The number of aryl methyl sites for hydroxylation is 1. The Bertz CT molecular complexity index is 322. The van der Waals surface area contributed by atoms with Gasteiger partial charge in [0.05, 0.1) is 0 Å². The minimum Gasteiger partial charge on any atom is -0.477 e. The molecule has 1 aromatic rings. The molecule has 66 valence electrons. The fraction of sp³-hybridized carbons (Fsp3) is 0.333. The van der Waals surface area contributed by atoms with Crippen LogP contribution in [0.1, 0.15) is 17.3 Å². The lowest BCUT2D eigenvalue weighted by Gasteiger charge is -1.94. The van der Waals surface area contributed by atoms with Gasteiger partial charge in [-0.1, -0.05) is 23.2 Å². The van der Waals surface area contributed by atoms with E-state index in [0.29, 0.717) is 6.54 Å². The molecule has 0 aliphatic rings. The molecular formula is C6H6Cl2N2O2. The van der Waals surface area contributed by atoms with E-state index in [2.05, 4.69) is 5.10 Å². The molecule has 0 saturated heterocycles. The summed E-state index contributed by atoms with van der Waals surface area (Å²) < 4.78 is 1.33. The molecule has 0 saturated carbocycles. The quantitative estimate of drug-likeness (QED) is 0.809. The lowest BCUT2D eigenvalue weighted by atomic mass is 10.4. The number of hydrogen-bond acceptors (Lipinski definition) is 2. The van der Waals surface area contributed by atoms with Gasteiger partial charge in [-0.2, -0.15) is 5.10 Å². The Kier molecular flexibility index (Phi) is 2.59. The van der Waals surface area contributed by atoms with E-state index >= 15 is 0 Å². The highest BCUT2D eigenvalue weighted by molar-refractivity contribution is 6.38. The predicted molar refractivity (Wildman–Crippen MR) is 44.9 cm³/mol. The van der Waals surface area contributed by atoms with Crippen molar-refractivity contribution in [3.63, 3.8) is 0 Å². The Morgan fingerprint density at radius 1 is 1.67 bits per heavy atom. The topological polar surface area (TPSA) is 55.1 Å². The van der Waals surface area contributed by atoms with Crippen LogP contribution in [0.2, 0.25) is 10.3 Å². The van der Waals surface area contributed by atoms with E-state index in [1.165, 1.54) is 4.68 Å². The summed E-state index contributed by atoms with van der Waals surface area (Å²) in [5.41, 5.74) is -0.139. The van der Waals surface area contributed by atoms with Crippen LogP contribution in [0, 0.1) is 0 Å². The SMILES string of the molecule is CCn1nc(Cl)c(C(=O)O)c1Cl. The van der Waals surface area contributed by atoms with Crippen molar-refractivity contribution in [1.82, 2.24) is 9.78 Å². The van der Waals surface area contributed by atoms with Gasteiger partial charge in [0.15, 0.2) is 5.15 Å². The number of hydrogen-bond donors (Lipinski definition) is 1. The first kappa shape index (κ1) is 9.35. The smallest absolute Gasteiger partial charge is 0.342 e. The average Bonchev–Trinajstić information content (AvgIpc) is 2.25. The van der Waals surface area contributed by atoms with Gasteiger partial charge in [0.2, 0.25) is 0 Å². The molecule has 6 heteroatoms. The fourth-order valence-corrected chi connectivity index (χ4v) is 1.44. The van der Waals surface area contributed by atoms with Gasteiger partial charge in [0.25, 0.3) is 0 Å². The summed E-state index contributed by atoms with van der Waals surface area (Å²) in [6.45, 7) is 2.28. The van der Waals surface area contributed by atoms with Crippen molar-refractivity contribution >= 4 is 29.2 Å². The van der Waals surface area contributed by atoms with E-state index in [1.807, 2.05) is 0 Å². The molecule has 0 bridgehead atoms. The third-order valence-electron chi connectivity index (χ3n) is 1.36. The van der Waals surface area contributed by atoms with Gasteiger partial charge in [0.1, 0.15) is 10.7 Å². The highest BCUT2D eigenvalue weighted by Gasteiger charge is 2.19. The Morgan fingerprint density at radius 3 is 2.50 bits per heavy atom. The molecule has 0 fully saturated rings. The molecule has 0 radical (unpaired) electrons. The third kappa shape index (κ3) is 1.40. The maximum absolute atomic E-state index is 10.5. The first-order valence-corrected chi connectivity index (χ1v) is 3.98. The number of carboxylic acids is 1. The minimum atomic E-state index is -1.16. The van der Waals surface area contributed by atoms with Gasteiger partial charge >= 0.3 is 5.97 Å². The first-order chi connectivity index (χ1) is 5.57. The van der Waals surface area contributed by atoms with Crippen LogP contribution in [0.5, 0.6) is 0 Å². The zero-order chi connectivity index (χ0) is 9.30. The monoisotopic (exact) mass is 208 g/mol. The van der Waals surface area contributed by atoms with Crippen molar-refractivity contribution in [1.29, 1.82) is 0 Å². The maximum Gasteiger partial charge on any atom is 0.342 e. The summed E-state index contributed by atoms with van der Waals surface area (Å²) in [6.07, 6.45) is 0. The largest absolute Gasteiger partial charge is 0.477 e. The number of carbonyl (C=O) groups is 1. The van der Waals surface area contributed by atoms with Crippen LogP contribution < -0.4 is 0 Å². The normalized spacial score (nSPS) is 10.2. The van der Waals surface area contributed by atoms with Crippen LogP contribution >= 0.6 is 23.2 Å². The van der Waals surface area contributed by atoms with Crippen LogP contribution in [-0.4, -0.2) is 20.9 Å². The summed E-state index contributed by atoms with van der Waals surface area (Å²) >= 11 is 11.2. The van der Waals surface area contributed by atoms with Crippen LogP contribution in [0.15, 0.2) is 0 Å². The fourth-order valence-electron chi connectivity index (χ4n) is 0.800. The van der Waals surface area contributed by atoms with Crippen molar-refractivity contribution in [2.45, 2.75) is 13.5 Å². The van der Waals surface area contributed by atoms with E-state index < -0.39 is 5.97 Å². The van der Waals surface area contributed by atoms with Crippen LogP contribution in [0.25, 0.3) is 0 Å². The summed E-state index contributed by atoms with van der Waals surface area (Å²) in [7, 11) is 0. The number of aromatic carboxylic acids is 1. The zero-order valence-corrected chi connectivity index (χ0v) is 7.72. The summed E-state index contributed by atoms with van der Waals surface area (Å²) in [5.74, 6) is -1.16.